The molecule has 0 amide bonds. The summed E-state index contributed by atoms with van der Waals surface area (Å²) in [6, 6.07) is 11.1. The summed E-state index contributed by atoms with van der Waals surface area (Å²) in [6.07, 6.45) is 7.49. The van der Waals surface area contributed by atoms with Crippen LogP contribution in [0.2, 0.25) is 0 Å². The smallest absolute Gasteiger partial charge is 0.220 e. The molecule has 0 spiro atoms. The second-order valence-corrected chi connectivity index (χ2v) is 10.4. The SMILES string of the molecule is Nc1nccc(-c2c(-c3ccc(F)cc3)ncn2C2CCN(C[C@](O)(Cn3cncn3)c3ccc(F)cc3F)CC2)n1. The van der Waals surface area contributed by atoms with Crippen LogP contribution >= 0.6 is 0 Å². The summed E-state index contributed by atoms with van der Waals surface area (Å²) in [5, 5.41) is 15.8. The fraction of sp³-hybridized carbons (Fsp3) is 0.276. The maximum absolute atomic E-state index is 14.9. The Morgan fingerprint density at radius 3 is 2.38 bits per heavy atom. The van der Waals surface area contributed by atoms with Crippen LogP contribution < -0.4 is 5.73 Å². The predicted molar refractivity (Wildman–Crippen MR) is 148 cm³/mol. The molecule has 216 valence electrons. The van der Waals surface area contributed by atoms with Gasteiger partial charge < -0.3 is 15.4 Å². The maximum atomic E-state index is 14.9. The molecule has 5 aromatic rings. The lowest BCUT2D eigenvalue weighted by molar-refractivity contribution is -0.0281. The van der Waals surface area contributed by atoms with Gasteiger partial charge in [0.05, 0.1) is 30.0 Å². The monoisotopic (exact) mass is 575 g/mol. The fourth-order valence-corrected chi connectivity index (χ4v) is 5.61. The summed E-state index contributed by atoms with van der Waals surface area (Å²) < 4.78 is 45.7. The molecule has 13 heteroatoms. The average molecular weight is 576 g/mol. The Kier molecular flexibility index (Phi) is 7.43. The van der Waals surface area contributed by atoms with E-state index in [1.54, 1.807) is 30.7 Å². The number of hydrogen-bond acceptors (Lipinski definition) is 8. The molecule has 10 nitrogen and oxygen atoms in total. The molecule has 6 rings (SSSR count). The van der Waals surface area contributed by atoms with Gasteiger partial charge in [0.2, 0.25) is 5.95 Å². The van der Waals surface area contributed by atoms with Crippen molar-refractivity contribution in [2.24, 2.45) is 0 Å². The zero-order valence-corrected chi connectivity index (χ0v) is 22.5. The fourth-order valence-electron chi connectivity index (χ4n) is 5.61. The number of aliphatic hydroxyl groups is 1. The predicted octanol–water partition coefficient (Wildman–Crippen LogP) is 3.82. The summed E-state index contributed by atoms with van der Waals surface area (Å²) in [5.41, 5.74) is 6.92. The molecule has 1 aliphatic rings. The third kappa shape index (κ3) is 5.60. The highest BCUT2D eigenvalue weighted by molar-refractivity contribution is 5.77. The van der Waals surface area contributed by atoms with Gasteiger partial charge in [-0.2, -0.15) is 5.10 Å². The normalized spacial score (nSPS) is 16.0. The van der Waals surface area contributed by atoms with Gasteiger partial charge in [0.25, 0.3) is 0 Å². The van der Waals surface area contributed by atoms with Crippen LogP contribution in [0.1, 0.15) is 24.4 Å². The Bertz CT molecular complexity index is 1670. The largest absolute Gasteiger partial charge is 0.382 e. The third-order valence-corrected chi connectivity index (χ3v) is 7.59. The number of aromatic nitrogens is 7. The number of rotatable bonds is 8. The van der Waals surface area contributed by atoms with Crippen molar-refractivity contribution >= 4 is 5.95 Å². The first-order valence-corrected chi connectivity index (χ1v) is 13.4. The van der Waals surface area contributed by atoms with Crippen LogP contribution in [0.5, 0.6) is 0 Å². The van der Waals surface area contributed by atoms with E-state index in [1.165, 1.54) is 35.5 Å². The molecule has 0 bridgehead atoms. The third-order valence-electron chi connectivity index (χ3n) is 7.59. The van der Waals surface area contributed by atoms with E-state index in [9.17, 15) is 18.3 Å². The zero-order valence-electron chi connectivity index (χ0n) is 22.5. The van der Waals surface area contributed by atoms with Crippen LogP contribution in [-0.4, -0.2) is 63.9 Å². The summed E-state index contributed by atoms with van der Waals surface area (Å²) in [5.74, 6) is -1.77. The van der Waals surface area contributed by atoms with E-state index in [-0.39, 0.29) is 36.5 Å². The Hall–Kier alpha value is -4.62. The minimum Gasteiger partial charge on any atom is -0.382 e. The highest BCUT2D eigenvalue weighted by atomic mass is 19.1. The van der Waals surface area contributed by atoms with Gasteiger partial charge in [0.15, 0.2) is 0 Å². The topological polar surface area (TPSA) is 124 Å². The number of nitrogens with zero attached hydrogens (tertiary/aromatic N) is 8. The number of β-amino-alcohol motifs (C(OH)–C–C–N with tert-alkyl or cyclic N) is 1. The minimum atomic E-state index is -1.69. The van der Waals surface area contributed by atoms with Gasteiger partial charge in [-0.3, -0.25) is 4.90 Å². The van der Waals surface area contributed by atoms with Crippen LogP contribution in [0.3, 0.4) is 0 Å². The molecule has 0 radical (unpaired) electrons. The Morgan fingerprint density at radius 2 is 1.69 bits per heavy atom. The quantitative estimate of drug-likeness (QED) is 0.286. The molecule has 3 N–H and O–H groups in total. The highest BCUT2D eigenvalue weighted by Gasteiger charge is 2.37. The number of anilines is 1. The van der Waals surface area contributed by atoms with Gasteiger partial charge >= 0.3 is 0 Å². The van der Waals surface area contributed by atoms with Crippen molar-refractivity contribution in [1.82, 2.24) is 39.2 Å². The number of halogens is 3. The van der Waals surface area contributed by atoms with Crippen LogP contribution in [0, 0.1) is 17.5 Å². The van der Waals surface area contributed by atoms with Crippen molar-refractivity contribution in [3.8, 4) is 22.6 Å². The minimum absolute atomic E-state index is 0.0105. The molecule has 0 aliphatic carbocycles. The van der Waals surface area contributed by atoms with E-state index in [2.05, 4.69) is 34.5 Å². The standard InChI is InChI=1S/C29H28F3N9O/c30-20-3-1-19(2-4-20)26-27(25-7-10-35-28(33)38-25)41(18-36-26)22-8-11-39(12-9-22)14-29(42,15-40-17-34-16-37-40)23-6-5-21(31)13-24(23)32/h1-7,10,13,16-18,22,42H,8-9,11-12,14-15H2,(H2,33,35,38)/t29-/m0/s1. The van der Waals surface area contributed by atoms with E-state index >= 15 is 0 Å². The number of hydrogen-bond donors (Lipinski definition) is 2. The first-order valence-electron chi connectivity index (χ1n) is 13.4. The average Bonchev–Trinajstić information content (AvgIpc) is 3.64. The first-order chi connectivity index (χ1) is 20.3. The lowest BCUT2D eigenvalue weighted by atomic mass is 9.91. The highest BCUT2D eigenvalue weighted by Crippen LogP contribution is 2.36. The number of imidazole rings is 1. The summed E-state index contributed by atoms with van der Waals surface area (Å²) in [6.45, 7) is 1.21. The van der Waals surface area contributed by atoms with Crippen molar-refractivity contribution in [3.63, 3.8) is 0 Å². The molecule has 42 heavy (non-hydrogen) atoms. The van der Waals surface area contributed by atoms with Gasteiger partial charge in [0, 0.05) is 49.1 Å². The molecule has 0 saturated carbocycles. The van der Waals surface area contributed by atoms with Crippen molar-refractivity contribution < 1.29 is 18.3 Å². The molecule has 3 aromatic heterocycles. The Balaban J connectivity index is 1.26. The van der Waals surface area contributed by atoms with E-state index in [0.717, 1.165) is 23.4 Å². The number of benzene rings is 2. The maximum Gasteiger partial charge on any atom is 0.220 e. The Labute approximate surface area is 239 Å². The molecule has 0 unspecified atom stereocenters. The summed E-state index contributed by atoms with van der Waals surface area (Å²) in [4.78, 5) is 19.1. The first kappa shape index (κ1) is 27.5. The van der Waals surface area contributed by atoms with E-state index in [1.807, 2.05) is 0 Å². The van der Waals surface area contributed by atoms with Gasteiger partial charge in [-0.15, -0.1) is 0 Å². The van der Waals surface area contributed by atoms with Crippen LogP contribution in [0.4, 0.5) is 19.1 Å². The number of likely N-dealkylation sites (tertiary alicyclic amines) is 1. The second kappa shape index (κ2) is 11.3. The molecule has 1 fully saturated rings. The van der Waals surface area contributed by atoms with Gasteiger partial charge in [-0.1, -0.05) is 6.07 Å². The van der Waals surface area contributed by atoms with E-state index in [0.29, 0.717) is 37.3 Å². The van der Waals surface area contributed by atoms with Crippen molar-refractivity contribution in [2.45, 2.75) is 31.0 Å². The van der Waals surface area contributed by atoms with Gasteiger partial charge in [-0.05, 0) is 49.2 Å². The molecule has 2 aromatic carbocycles. The summed E-state index contributed by atoms with van der Waals surface area (Å²) in [7, 11) is 0. The molecule has 1 saturated heterocycles. The van der Waals surface area contributed by atoms with Crippen molar-refractivity contribution in [3.05, 3.63) is 96.7 Å². The van der Waals surface area contributed by atoms with Crippen LogP contribution in [0.15, 0.2) is 73.7 Å². The molecule has 4 heterocycles. The molecule has 1 atom stereocenters. The van der Waals surface area contributed by atoms with E-state index in [4.69, 9.17) is 5.73 Å². The number of nitrogens with two attached hydrogens (primary N) is 1. The number of nitrogen functional groups attached to an aromatic ring is 1. The van der Waals surface area contributed by atoms with Gasteiger partial charge in [-0.25, -0.2) is 37.8 Å². The summed E-state index contributed by atoms with van der Waals surface area (Å²) >= 11 is 0. The molecular weight excluding hydrogens is 547 g/mol. The van der Waals surface area contributed by atoms with Crippen LogP contribution in [0.25, 0.3) is 22.6 Å². The Morgan fingerprint density at radius 1 is 0.929 bits per heavy atom. The van der Waals surface area contributed by atoms with E-state index < -0.39 is 17.2 Å². The van der Waals surface area contributed by atoms with Crippen molar-refractivity contribution in [2.75, 3.05) is 25.4 Å². The second-order valence-electron chi connectivity index (χ2n) is 10.4. The number of piperidine rings is 1. The lowest BCUT2D eigenvalue weighted by Crippen LogP contribution is -2.47. The van der Waals surface area contributed by atoms with Crippen molar-refractivity contribution in [1.29, 1.82) is 0 Å². The molecular formula is C29H28F3N9O. The lowest BCUT2D eigenvalue weighted by Gasteiger charge is -2.39. The van der Waals surface area contributed by atoms with Gasteiger partial charge in [0.1, 0.15) is 35.7 Å². The van der Waals surface area contributed by atoms with Crippen LogP contribution in [-0.2, 0) is 12.1 Å². The zero-order chi connectivity index (χ0) is 29.3. The molecule has 1 aliphatic heterocycles.